The summed E-state index contributed by atoms with van der Waals surface area (Å²) < 4.78 is 0. The molecular formula is C18H26N2OS. The topological polar surface area (TPSA) is 52.9 Å². The van der Waals surface area contributed by atoms with Crippen LogP contribution in [0, 0.1) is 28.1 Å². The molecule has 0 aliphatic heterocycles. The van der Waals surface area contributed by atoms with E-state index >= 15 is 0 Å². The maximum Gasteiger partial charge on any atom is 0.230 e. The van der Waals surface area contributed by atoms with Crippen molar-refractivity contribution in [2.75, 3.05) is 5.32 Å². The molecule has 0 spiro atoms. The smallest absolute Gasteiger partial charge is 0.230 e. The molecule has 4 heteroatoms. The van der Waals surface area contributed by atoms with Crippen molar-refractivity contribution >= 4 is 22.2 Å². The summed E-state index contributed by atoms with van der Waals surface area (Å²) in [4.78, 5) is 13.5. The third-order valence-corrected chi connectivity index (χ3v) is 5.68. The number of carbonyl (C=O) groups is 1. The number of fused-ring (bicyclic) bond motifs is 1. The van der Waals surface area contributed by atoms with E-state index in [0.29, 0.717) is 11.5 Å². The molecule has 1 amide bonds. The Morgan fingerprint density at radius 2 is 1.91 bits per heavy atom. The first-order chi connectivity index (χ1) is 10.0. The molecular weight excluding hydrogens is 292 g/mol. The van der Waals surface area contributed by atoms with Gasteiger partial charge in [-0.15, -0.1) is 11.3 Å². The number of amides is 1. The van der Waals surface area contributed by atoms with Crippen molar-refractivity contribution in [1.29, 1.82) is 5.26 Å². The van der Waals surface area contributed by atoms with E-state index in [1.54, 1.807) is 11.3 Å². The van der Waals surface area contributed by atoms with Crippen LogP contribution in [0.25, 0.3) is 0 Å². The third-order valence-electron chi connectivity index (χ3n) is 4.51. The van der Waals surface area contributed by atoms with Crippen LogP contribution in [0.4, 0.5) is 5.00 Å². The van der Waals surface area contributed by atoms with E-state index in [4.69, 9.17) is 0 Å². The standard InChI is InChI=1S/C18H26N2OS/c1-17(2,3)11-7-8-12-13(10-19)15(22-14(12)9-11)20-16(21)18(4,5)6/h11H,7-9H2,1-6H3,(H,20,21)/t11-/m1/s1. The third kappa shape index (κ3) is 3.35. The molecule has 0 fully saturated rings. The Bertz CT molecular complexity index is 623. The Morgan fingerprint density at radius 1 is 1.27 bits per heavy atom. The van der Waals surface area contributed by atoms with E-state index in [2.05, 4.69) is 32.2 Å². The summed E-state index contributed by atoms with van der Waals surface area (Å²) in [6, 6.07) is 2.31. The van der Waals surface area contributed by atoms with Crippen LogP contribution < -0.4 is 5.32 Å². The second-order valence-corrected chi connectivity index (χ2v) is 9.43. The van der Waals surface area contributed by atoms with Gasteiger partial charge in [-0.3, -0.25) is 4.79 Å². The minimum Gasteiger partial charge on any atom is -0.316 e. The van der Waals surface area contributed by atoms with E-state index in [1.165, 1.54) is 4.88 Å². The SMILES string of the molecule is CC(C)(C)C(=O)Nc1sc2c(c1C#N)CC[C@@H](C(C)(C)C)C2. The number of anilines is 1. The molecule has 1 aromatic heterocycles. The zero-order chi connectivity index (χ0) is 16.7. The Kier molecular flexibility index (Phi) is 4.41. The van der Waals surface area contributed by atoms with Gasteiger partial charge in [0.1, 0.15) is 11.1 Å². The number of nitriles is 1. The van der Waals surface area contributed by atoms with Gasteiger partial charge >= 0.3 is 0 Å². The van der Waals surface area contributed by atoms with E-state index in [1.807, 2.05) is 20.8 Å². The van der Waals surface area contributed by atoms with Gasteiger partial charge in [0.15, 0.2) is 0 Å². The van der Waals surface area contributed by atoms with Crippen LogP contribution in [0.15, 0.2) is 0 Å². The van der Waals surface area contributed by atoms with E-state index in [0.717, 1.165) is 29.8 Å². The second kappa shape index (κ2) is 5.70. The molecule has 120 valence electrons. The molecule has 0 aromatic carbocycles. The normalized spacial score (nSPS) is 18.5. The maximum absolute atomic E-state index is 12.2. The van der Waals surface area contributed by atoms with Crippen molar-refractivity contribution in [2.45, 2.75) is 60.8 Å². The van der Waals surface area contributed by atoms with Crippen molar-refractivity contribution in [3.63, 3.8) is 0 Å². The fourth-order valence-corrected chi connectivity index (χ4v) is 4.09. The molecule has 1 heterocycles. The summed E-state index contributed by atoms with van der Waals surface area (Å²) in [6.45, 7) is 12.5. The predicted octanol–water partition coefficient (Wildman–Crippen LogP) is 4.76. The first-order valence-electron chi connectivity index (χ1n) is 7.90. The molecule has 0 unspecified atom stereocenters. The summed E-state index contributed by atoms with van der Waals surface area (Å²) >= 11 is 1.60. The first kappa shape index (κ1) is 17.0. The Labute approximate surface area is 137 Å². The lowest BCUT2D eigenvalue weighted by molar-refractivity contribution is -0.123. The van der Waals surface area contributed by atoms with Crippen LogP contribution in [0.5, 0.6) is 0 Å². The molecule has 22 heavy (non-hydrogen) atoms. The number of nitrogens with zero attached hydrogens (tertiary/aromatic N) is 1. The van der Waals surface area contributed by atoms with Crippen molar-refractivity contribution in [2.24, 2.45) is 16.7 Å². The summed E-state index contributed by atoms with van der Waals surface area (Å²) in [5.74, 6) is 0.603. The van der Waals surface area contributed by atoms with Crippen LogP contribution in [-0.4, -0.2) is 5.91 Å². The van der Waals surface area contributed by atoms with Gasteiger partial charge in [0, 0.05) is 10.3 Å². The number of rotatable bonds is 1. The number of thiophene rings is 1. The monoisotopic (exact) mass is 318 g/mol. The van der Waals surface area contributed by atoms with Crippen LogP contribution in [0.1, 0.15) is 64.0 Å². The van der Waals surface area contributed by atoms with Gasteiger partial charge < -0.3 is 5.32 Å². The van der Waals surface area contributed by atoms with E-state index in [-0.39, 0.29) is 11.3 Å². The summed E-state index contributed by atoms with van der Waals surface area (Å²) in [5.41, 5.74) is 1.68. The van der Waals surface area contributed by atoms with Crippen LogP contribution >= 0.6 is 11.3 Å². The number of carbonyl (C=O) groups excluding carboxylic acids is 1. The highest BCUT2D eigenvalue weighted by Gasteiger charge is 2.33. The zero-order valence-corrected chi connectivity index (χ0v) is 15.3. The minimum absolute atomic E-state index is 0.0324. The lowest BCUT2D eigenvalue weighted by Crippen LogP contribution is -2.27. The molecule has 0 saturated carbocycles. The molecule has 0 radical (unpaired) electrons. The van der Waals surface area contributed by atoms with Gasteiger partial charge in [0.2, 0.25) is 5.91 Å². The summed E-state index contributed by atoms with van der Waals surface area (Å²) in [5, 5.41) is 13.2. The lowest BCUT2D eigenvalue weighted by atomic mass is 9.72. The van der Waals surface area contributed by atoms with E-state index in [9.17, 15) is 10.1 Å². The first-order valence-corrected chi connectivity index (χ1v) is 8.71. The molecule has 1 aliphatic carbocycles. The Hall–Kier alpha value is -1.34. The quantitative estimate of drug-likeness (QED) is 0.812. The summed E-state index contributed by atoms with van der Waals surface area (Å²) in [6.07, 6.45) is 3.08. The molecule has 0 bridgehead atoms. The van der Waals surface area contributed by atoms with Gasteiger partial charge in [-0.1, -0.05) is 41.5 Å². The predicted molar refractivity (Wildman–Crippen MR) is 92.1 cm³/mol. The number of hydrogen-bond donors (Lipinski definition) is 1. The minimum atomic E-state index is -0.453. The van der Waals surface area contributed by atoms with Gasteiger partial charge in [-0.25, -0.2) is 0 Å². The highest BCUT2D eigenvalue weighted by atomic mass is 32.1. The number of nitrogens with one attached hydrogen (secondary N) is 1. The van der Waals surface area contributed by atoms with Crippen LogP contribution in [-0.2, 0) is 17.6 Å². The summed E-state index contributed by atoms with van der Waals surface area (Å²) in [7, 11) is 0. The molecule has 1 aliphatic rings. The molecule has 1 aromatic rings. The lowest BCUT2D eigenvalue weighted by Gasteiger charge is -2.33. The van der Waals surface area contributed by atoms with Gasteiger partial charge in [0.05, 0.1) is 5.56 Å². The van der Waals surface area contributed by atoms with Crippen molar-refractivity contribution < 1.29 is 4.79 Å². The second-order valence-electron chi connectivity index (χ2n) is 8.33. The van der Waals surface area contributed by atoms with Crippen LogP contribution in [0.3, 0.4) is 0 Å². The Morgan fingerprint density at radius 3 is 2.41 bits per heavy atom. The molecule has 3 nitrogen and oxygen atoms in total. The van der Waals surface area contributed by atoms with Gasteiger partial charge in [-0.05, 0) is 36.2 Å². The van der Waals surface area contributed by atoms with Crippen LogP contribution in [0.2, 0.25) is 0 Å². The maximum atomic E-state index is 12.2. The van der Waals surface area contributed by atoms with Crippen molar-refractivity contribution in [3.05, 3.63) is 16.0 Å². The molecule has 1 N–H and O–H groups in total. The van der Waals surface area contributed by atoms with Crippen molar-refractivity contribution in [1.82, 2.24) is 0 Å². The molecule has 2 rings (SSSR count). The van der Waals surface area contributed by atoms with Gasteiger partial charge in [0.25, 0.3) is 0 Å². The highest BCUT2D eigenvalue weighted by Crippen LogP contribution is 2.44. The van der Waals surface area contributed by atoms with E-state index < -0.39 is 5.41 Å². The van der Waals surface area contributed by atoms with Gasteiger partial charge in [-0.2, -0.15) is 5.26 Å². The fraction of sp³-hybridized carbons (Fsp3) is 0.667. The zero-order valence-electron chi connectivity index (χ0n) is 14.5. The fourth-order valence-electron chi connectivity index (χ4n) is 2.82. The Balaban J connectivity index is 2.31. The average Bonchev–Trinajstić information content (AvgIpc) is 2.72. The number of hydrogen-bond acceptors (Lipinski definition) is 3. The largest absolute Gasteiger partial charge is 0.316 e. The highest BCUT2D eigenvalue weighted by molar-refractivity contribution is 7.16. The molecule has 0 saturated heterocycles. The average molecular weight is 318 g/mol. The molecule has 1 atom stereocenters. The van der Waals surface area contributed by atoms with Crippen molar-refractivity contribution in [3.8, 4) is 6.07 Å².